The second-order valence-corrected chi connectivity index (χ2v) is 6.20. The van der Waals surface area contributed by atoms with Crippen LogP contribution in [0.4, 0.5) is 0 Å². The summed E-state index contributed by atoms with van der Waals surface area (Å²) in [5, 5.41) is 17.9. The maximum Gasteiger partial charge on any atom is 0.231 e. The van der Waals surface area contributed by atoms with Gasteiger partial charge in [-0.3, -0.25) is 5.41 Å². The van der Waals surface area contributed by atoms with Crippen LogP contribution in [0, 0.1) is 35.0 Å². The second-order valence-electron chi connectivity index (χ2n) is 6.20. The molecule has 0 radical (unpaired) electrons. The Morgan fingerprint density at radius 2 is 1.96 bits per heavy atom. The average Bonchev–Trinajstić information content (AvgIpc) is 3.17. The first-order valence-corrected chi connectivity index (χ1v) is 8.50. The van der Waals surface area contributed by atoms with E-state index < -0.39 is 11.8 Å². The molecule has 2 heterocycles. The Kier molecular flexibility index (Phi) is 4.42. The lowest BCUT2D eigenvalue weighted by Crippen LogP contribution is -2.30. The number of nitriles is 1. The molecule has 7 heteroatoms. The molecule has 28 heavy (non-hydrogen) atoms. The van der Waals surface area contributed by atoms with Crippen molar-refractivity contribution in [2.75, 3.05) is 20.5 Å². The number of terminal acetylenes is 1. The molecule has 7 nitrogen and oxygen atoms in total. The Morgan fingerprint density at radius 3 is 2.68 bits per heavy atom. The van der Waals surface area contributed by atoms with E-state index in [4.69, 9.17) is 35.5 Å². The first kappa shape index (κ1) is 17.6. The van der Waals surface area contributed by atoms with Gasteiger partial charge in [0.15, 0.2) is 23.0 Å². The van der Waals surface area contributed by atoms with Crippen molar-refractivity contribution in [1.82, 2.24) is 0 Å². The molecule has 0 saturated heterocycles. The van der Waals surface area contributed by atoms with E-state index in [1.54, 1.807) is 24.3 Å². The summed E-state index contributed by atoms with van der Waals surface area (Å²) in [7, 11) is 1.53. The number of ether oxygens (including phenoxy) is 5. The summed E-state index contributed by atoms with van der Waals surface area (Å²) >= 11 is 0. The van der Waals surface area contributed by atoms with Gasteiger partial charge in [0.2, 0.25) is 12.7 Å². The smallest absolute Gasteiger partial charge is 0.231 e. The lowest BCUT2D eigenvalue weighted by atomic mass is 9.79. The van der Waals surface area contributed by atoms with Crippen LogP contribution in [-0.4, -0.2) is 26.4 Å². The molecule has 2 aromatic rings. The van der Waals surface area contributed by atoms with Crippen LogP contribution in [0.15, 0.2) is 30.3 Å². The summed E-state index contributed by atoms with van der Waals surface area (Å²) in [6.07, 6.45) is 5.25. The minimum Gasteiger partial charge on any atom is -0.493 e. The van der Waals surface area contributed by atoms with Crippen LogP contribution in [0.25, 0.3) is 0 Å². The average molecular weight is 376 g/mol. The van der Waals surface area contributed by atoms with Crippen LogP contribution in [0.2, 0.25) is 0 Å². The summed E-state index contributed by atoms with van der Waals surface area (Å²) in [6.45, 7) is 0.238. The van der Waals surface area contributed by atoms with Crippen molar-refractivity contribution in [3.63, 3.8) is 0 Å². The minimum atomic E-state index is -0.796. The van der Waals surface area contributed by atoms with Crippen molar-refractivity contribution >= 4 is 5.90 Å². The zero-order valence-electron chi connectivity index (χ0n) is 15.0. The minimum absolute atomic E-state index is 0.116. The third-order valence-electron chi connectivity index (χ3n) is 4.67. The molecule has 2 aliphatic rings. The van der Waals surface area contributed by atoms with Gasteiger partial charge in [-0.05, 0) is 23.8 Å². The monoisotopic (exact) mass is 376 g/mol. The number of benzene rings is 2. The molecule has 0 amide bonds. The quantitative estimate of drug-likeness (QED) is 0.824. The largest absolute Gasteiger partial charge is 0.493 e. The Morgan fingerprint density at radius 1 is 1.18 bits per heavy atom. The van der Waals surface area contributed by atoms with Crippen LogP contribution in [0.1, 0.15) is 17.0 Å². The zero-order chi connectivity index (χ0) is 19.7. The lowest BCUT2D eigenvalue weighted by molar-refractivity contribution is 0.174. The fourth-order valence-corrected chi connectivity index (χ4v) is 3.40. The highest BCUT2D eigenvalue weighted by Gasteiger charge is 2.38. The van der Waals surface area contributed by atoms with Crippen molar-refractivity contribution < 1.29 is 23.7 Å². The van der Waals surface area contributed by atoms with Crippen LogP contribution < -0.4 is 23.7 Å². The van der Waals surface area contributed by atoms with E-state index in [2.05, 4.69) is 12.0 Å². The van der Waals surface area contributed by atoms with Crippen molar-refractivity contribution in [1.29, 1.82) is 10.7 Å². The summed E-state index contributed by atoms with van der Waals surface area (Å²) in [6, 6.07) is 11.0. The molecule has 140 valence electrons. The molecular formula is C21H16N2O5. The third-order valence-corrected chi connectivity index (χ3v) is 4.67. The van der Waals surface area contributed by atoms with Gasteiger partial charge in [-0.15, -0.1) is 6.42 Å². The van der Waals surface area contributed by atoms with Gasteiger partial charge >= 0.3 is 0 Å². The molecule has 1 N–H and O–H groups in total. The molecule has 2 aliphatic heterocycles. The number of nitrogens with zero attached hydrogens (tertiary/aromatic N) is 1. The van der Waals surface area contributed by atoms with Gasteiger partial charge < -0.3 is 23.7 Å². The van der Waals surface area contributed by atoms with Gasteiger partial charge in [0.05, 0.1) is 13.2 Å². The number of hydrogen-bond donors (Lipinski definition) is 1. The fraction of sp³-hybridized carbons (Fsp3) is 0.238. The molecule has 0 aromatic heterocycles. The number of nitrogens with one attached hydrogen (secondary N) is 1. The standard InChI is InChI=1S/C21H16N2O5/c1-3-6-25-15-5-4-12(7-17(15)24-2)20-13-8-18-19(27-11-26-18)9-16(13)28-21(23)14(20)10-22/h1,4-5,7-9,14,20,23H,6,11H2,2H3. The van der Waals surface area contributed by atoms with Gasteiger partial charge in [0.1, 0.15) is 18.3 Å². The second kappa shape index (κ2) is 7.05. The van der Waals surface area contributed by atoms with Gasteiger partial charge in [0, 0.05) is 17.5 Å². The Hall–Kier alpha value is -3.84. The molecule has 0 saturated carbocycles. The number of hydrogen-bond acceptors (Lipinski definition) is 7. The van der Waals surface area contributed by atoms with Crippen molar-refractivity contribution in [2.24, 2.45) is 5.92 Å². The Balaban J connectivity index is 1.83. The Labute approximate surface area is 161 Å². The number of rotatable bonds is 4. The molecule has 2 atom stereocenters. The predicted octanol–water partition coefficient (Wildman–Crippen LogP) is 3.08. The predicted molar refractivity (Wildman–Crippen MR) is 99.2 cm³/mol. The third kappa shape index (κ3) is 2.83. The van der Waals surface area contributed by atoms with E-state index in [9.17, 15) is 5.26 Å². The highest BCUT2D eigenvalue weighted by atomic mass is 16.7. The Bertz CT molecular complexity index is 1030. The summed E-state index contributed by atoms with van der Waals surface area (Å²) in [5.74, 6) is 3.66. The summed E-state index contributed by atoms with van der Waals surface area (Å²) in [5.41, 5.74) is 1.52. The van der Waals surface area contributed by atoms with Crippen LogP contribution in [0.5, 0.6) is 28.7 Å². The van der Waals surface area contributed by atoms with E-state index >= 15 is 0 Å². The first-order chi connectivity index (χ1) is 13.7. The lowest BCUT2D eigenvalue weighted by Gasteiger charge is -2.30. The van der Waals surface area contributed by atoms with Crippen molar-refractivity contribution in [2.45, 2.75) is 5.92 Å². The molecule has 2 aromatic carbocycles. The molecule has 4 rings (SSSR count). The molecular weight excluding hydrogens is 360 g/mol. The van der Waals surface area contributed by atoms with E-state index in [0.29, 0.717) is 28.7 Å². The summed E-state index contributed by atoms with van der Waals surface area (Å²) in [4.78, 5) is 0. The van der Waals surface area contributed by atoms with Crippen molar-refractivity contribution in [3.05, 3.63) is 41.5 Å². The van der Waals surface area contributed by atoms with Crippen LogP contribution in [-0.2, 0) is 0 Å². The van der Waals surface area contributed by atoms with E-state index in [-0.39, 0.29) is 19.3 Å². The highest BCUT2D eigenvalue weighted by Crippen LogP contribution is 2.48. The van der Waals surface area contributed by atoms with Gasteiger partial charge in [-0.2, -0.15) is 5.26 Å². The van der Waals surface area contributed by atoms with E-state index in [1.165, 1.54) is 7.11 Å². The zero-order valence-corrected chi connectivity index (χ0v) is 15.0. The first-order valence-electron chi connectivity index (χ1n) is 8.50. The maximum atomic E-state index is 9.70. The van der Waals surface area contributed by atoms with E-state index in [0.717, 1.165) is 11.1 Å². The molecule has 2 unspecified atom stereocenters. The normalized spacial score (nSPS) is 19.0. The van der Waals surface area contributed by atoms with Crippen LogP contribution in [0.3, 0.4) is 0 Å². The summed E-state index contributed by atoms with van der Waals surface area (Å²) < 4.78 is 27.4. The molecule has 0 aliphatic carbocycles. The molecule has 0 bridgehead atoms. The van der Waals surface area contributed by atoms with Crippen molar-refractivity contribution in [3.8, 4) is 47.2 Å². The van der Waals surface area contributed by atoms with Gasteiger partial charge in [0.25, 0.3) is 0 Å². The SMILES string of the molecule is C#CCOc1ccc(C2c3cc4c(cc3OC(=N)C2C#N)OCO4)cc1OC. The number of fused-ring (bicyclic) bond motifs is 2. The van der Waals surface area contributed by atoms with E-state index in [1.807, 2.05) is 6.07 Å². The van der Waals surface area contributed by atoms with Gasteiger partial charge in [-0.25, -0.2) is 0 Å². The number of methoxy groups -OCH3 is 1. The maximum absolute atomic E-state index is 9.70. The van der Waals surface area contributed by atoms with Crippen LogP contribution >= 0.6 is 0 Å². The fourth-order valence-electron chi connectivity index (χ4n) is 3.40. The topological polar surface area (TPSA) is 93.8 Å². The van der Waals surface area contributed by atoms with Gasteiger partial charge in [-0.1, -0.05) is 12.0 Å². The molecule has 0 spiro atoms. The highest BCUT2D eigenvalue weighted by molar-refractivity contribution is 5.85. The molecule has 0 fully saturated rings.